The standard InChI is InChI=1S/C22H29N2O3.Al.2H/c1-7-27-21(26)18(13-22(4,5)6)24-19(15(3)12-17(23)20(24)25)16-10-8-14(2)9-11-16;;;/h8-11,18H,7,13,23H2,1-6H3;;;. The average Bonchev–Trinajstić information content (AvgIpc) is 2.61. The van der Waals surface area contributed by atoms with Crippen LogP contribution >= 0.6 is 0 Å². The Morgan fingerprint density at radius 3 is 2.29 bits per heavy atom. The van der Waals surface area contributed by atoms with Crippen molar-refractivity contribution in [3.8, 4) is 11.3 Å². The molecule has 150 valence electrons. The van der Waals surface area contributed by atoms with Crippen LogP contribution in [0.1, 0.15) is 51.3 Å². The smallest absolute Gasteiger partial charge is 0.329 e. The summed E-state index contributed by atoms with van der Waals surface area (Å²) in [6, 6.07) is 7.27. The second-order valence-electron chi connectivity index (χ2n) is 8.59. The van der Waals surface area contributed by atoms with Crippen LogP contribution in [0.4, 0.5) is 5.69 Å². The van der Waals surface area contributed by atoms with Gasteiger partial charge < -0.3 is 10.5 Å². The number of rotatable bonds is 5. The molecule has 0 amide bonds. The van der Waals surface area contributed by atoms with Crippen molar-refractivity contribution in [3.05, 3.63) is 45.7 Å². The van der Waals surface area contributed by atoms with E-state index < -0.39 is 12.0 Å². The van der Waals surface area contributed by atoms with Crippen molar-refractivity contribution >= 4 is 32.4 Å². The van der Waals surface area contributed by atoms with E-state index in [4.69, 9.17) is 10.5 Å². The van der Waals surface area contributed by atoms with Crippen molar-refractivity contribution in [2.75, 3.05) is 12.3 Å². The Labute approximate surface area is 175 Å². The number of nitrogens with two attached hydrogens (primary N) is 1. The first-order chi connectivity index (χ1) is 13.0. The number of aryl methyl sites for hydroxylation is 1. The number of anilines is 1. The van der Waals surface area contributed by atoms with E-state index >= 15 is 0 Å². The maximum absolute atomic E-state index is 13.3. The lowest BCUT2D eigenvalue weighted by Gasteiger charge is -2.30. The molecule has 0 bridgehead atoms. The molecular formula is C22H31AlN2O3. The molecule has 1 atom stereocenters. The largest absolute Gasteiger partial charge is 0.464 e. The van der Waals surface area contributed by atoms with Gasteiger partial charge in [-0.15, -0.1) is 0 Å². The van der Waals surface area contributed by atoms with Crippen molar-refractivity contribution < 1.29 is 9.53 Å². The highest BCUT2D eigenvalue weighted by atomic mass is 27.0. The minimum atomic E-state index is -0.730. The van der Waals surface area contributed by atoms with Gasteiger partial charge in [0, 0.05) is 0 Å². The third kappa shape index (κ3) is 4.68. The summed E-state index contributed by atoms with van der Waals surface area (Å²) in [5.74, 6) is -0.396. The van der Waals surface area contributed by atoms with E-state index in [1.807, 2.05) is 58.9 Å². The van der Waals surface area contributed by atoms with Crippen molar-refractivity contribution in [1.82, 2.24) is 4.57 Å². The highest BCUT2D eigenvalue weighted by Crippen LogP contribution is 2.32. The fourth-order valence-electron chi connectivity index (χ4n) is 3.41. The molecule has 0 aliphatic heterocycles. The van der Waals surface area contributed by atoms with Gasteiger partial charge in [0.05, 0.1) is 18.0 Å². The second kappa shape index (κ2) is 8.55. The van der Waals surface area contributed by atoms with Gasteiger partial charge in [-0.25, -0.2) is 4.79 Å². The fraction of sp³-hybridized carbons (Fsp3) is 0.455. The number of ether oxygens (including phenoxy) is 1. The Hall–Kier alpha value is -2.03. The SMILES string of the molecule is CCOC(=O)C(CC(C)(C)C)n1c(-c2ccc(C)cc2)c(C)[c]([AlH2])c(N)c1=O. The molecule has 0 radical (unpaired) electrons. The lowest BCUT2D eigenvalue weighted by molar-refractivity contribution is -0.148. The van der Waals surface area contributed by atoms with Gasteiger partial charge in [0.1, 0.15) is 6.04 Å². The van der Waals surface area contributed by atoms with E-state index in [0.717, 1.165) is 26.8 Å². The van der Waals surface area contributed by atoms with Gasteiger partial charge in [0.2, 0.25) is 0 Å². The summed E-state index contributed by atoms with van der Waals surface area (Å²) in [5.41, 5.74) is 9.68. The number of nitrogens with zero attached hydrogens (tertiary/aromatic N) is 1. The van der Waals surface area contributed by atoms with Crippen molar-refractivity contribution in [3.63, 3.8) is 0 Å². The minimum absolute atomic E-state index is 0.177. The van der Waals surface area contributed by atoms with E-state index in [9.17, 15) is 9.59 Å². The zero-order chi connectivity index (χ0) is 21.2. The molecule has 2 rings (SSSR count). The van der Waals surface area contributed by atoms with Gasteiger partial charge in [-0.2, -0.15) is 0 Å². The Balaban J connectivity index is 2.87. The zero-order valence-electron chi connectivity index (χ0n) is 18.1. The lowest BCUT2D eigenvalue weighted by atomic mass is 9.87. The molecule has 6 heteroatoms. The van der Waals surface area contributed by atoms with E-state index in [-0.39, 0.29) is 23.3 Å². The lowest BCUT2D eigenvalue weighted by Crippen LogP contribution is -2.39. The number of benzene rings is 1. The number of pyridine rings is 1. The van der Waals surface area contributed by atoms with E-state index in [1.165, 1.54) is 0 Å². The van der Waals surface area contributed by atoms with Crippen molar-refractivity contribution in [1.29, 1.82) is 0 Å². The van der Waals surface area contributed by atoms with E-state index in [0.29, 0.717) is 22.7 Å². The number of hydrogen-bond acceptors (Lipinski definition) is 4. The van der Waals surface area contributed by atoms with Crippen LogP contribution in [0.3, 0.4) is 0 Å². The first-order valence-electron chi connectivity index (χ1n) is 9.72. The van der Waals surface area contributed by atoms with Crippen LogP contribution in [0.2, 0.25) is 0 Å². The summed E-state index contributed by atoms with van der Waals surface area (Å²) >= 11 is 0.655. The van der Waals surface area contributed by atoms with Crippen molar-refractivity contribution in [2.45, 2.75) is 54.0 Å². The molecule has 0 spiro atoms. The van der Waals surface area contributed by atoms with E-state index in [2.05, 4.69) is 0 Å². The number of carbonyl (C=O) groups is 1. The molecule has 0 saturated heterocycles. The first-order valence-corrected chi connectivity index (χ1v) is 10.7. The van der Waals surface area contributed by atoms with Gasteiger partial charge in [-0.05, 0) is 43.7 Å². The molecule has 0 aliphatic rings. The maximum Gasteiger partial charge on any atom is 0.329 e. The van der Waals surface area contributed by atoms with Gasteiger partial charge in [0.25, 0.3) is 21.8 Å². The highest BCUT2D eigenvalue weighted by Gasteiger charge is 2.32. The van der Waals surface area contributed by atoms with Gasteiger partial charge in [-0.1, -0.05) is 55.0 Å². The molecule has 2 aromatic rings. The molecule has 5 nitrogen and oxygen atoms in total. The number of esters is 1. The van der Waals surface area contributed by atoms with Gasteiger partial charge in [0.15, 0.2) is 0 Å². The van der Waals surface area contributed by atoms with Crippen molar-refractivity contribution in [2.24, 2.45) is 5.41 Å². The highest BCUT2D eigenvalue weighted by molar-refractivity contribution is 6.37. The van der Waals surface area contributed by atoms with Crippen LogP contribution in [0.15, 0.2) is 29.1 Å². The monoisotopic (exact) mass is 398 g/mol. The summed E-state index contributed by atoms with van der Waals surface area (Å²) in [6.45, 7) is 12.2. The topological polar surface area (TPSA) is 74.3 Å². The zero-order valence-corrected chi connectivity index (χ0v) is 20.1. The van der Waals surface area contributed by atoms with Crippen LogP contribution in [-0.4, -0.2) is 33.4 Å². The summed E-state index contributed by atoms with van der Waals surface area (Å²) < 4.78 is 7.80. The predicted molar refractivity (Wildman–Crippen MR) is 118 cm³/mol. The summed E-state index contributed by atoms with van der Waals surface area (Å²) in [7, 11) is 0. The molecule has 28 heavy (non-hydrogen) atoms. The first kappa shape index (κ1) is 22.3. The Kier molecular flexibility index (Phi) is 6.80. The molecule has 1 aromatic heterocycles. The average molecular weight is 398 g/mol. The van der Waals surface area contributed by atoms with E-state index in [1.54, 1.807) is 11.5 Å². The number of aromatic nitrogens is 1. The van der Waals surface area contributed by atoms with Crippen LogP contribution in [-0.2, 0) is 9.53 Å². The number of carbonyl (C=O) groups excluding carboxylic acids is 1. The third-order valence-electron chi connectivity index (χ3n) is 5.01. The molecule has 2 N–H and O–H groups in total. The summed E-state index contributed by atoms with van der Waals surface area (Å²) in [5, 5.41) is 0. The maximum atomic E-state index is 13.3. The van der Waals surface area contributed by atoms with Gasteiger partial charge in [-0.3, -0.25) is 9.36 Å². The van der Waals surface area contributed by atoms with Crippen LogP contribution in [0, 0.1) is 19.3 Å². The predicted octanol–water partition coefficient (Wildman–Crippen LogP) is 2.51. The molecular weight excluding hydrogens is 367 g/mol. The molecule has 1 heterocycles. The number of nitrogen functional groups attached to an aromatic ring is 1. The van der Waals surface area contributed by atoms with Gasteiger partial charge >= 0.3 is 5.97 Å². The molecule has 0 aliphatic carbocycles. The second-order valence-corrected chi connectivity index (χ2v) is 9.59. The van der Waals surface area contributed by atoms with Crippen LogP contribution in [0.5, 0.6) is 0 Å². The Morgan fingerprint density at radius 1 is 1.21 bits per heavy atom. The summed E-state index contributed by atoms with van der Waals surface area (Å²) in [4.78, 5) is 26.2. The molecule has 0 saturated carbocycles. The van der Waals surface area contributed by atoms with Crippen LogP contribution in [0.25, 0.3) is 11.3 Å². The minimum Gasteiger partial charge on any atom is -0.464 e. The van der Waals surface area contributed by atoms with Crippen LogP contribution < -0.4 is 15.7 Å². The molecule has 0 fully saturated rings. The Bertz CT molecular complexity index is 925. The molecule has 1 aromatic carbocycles. The third-order valence-corrected chi connectivity index (χ3v) is 6.30. The normalized spacial score (nSPS) is 12.6. The Morgan fingerprint density at radius 2 is 1.79 bits per heavy atom. The number of hydrogen-bond donors (Lipinski definition) is 1. The fourth-order valence-corrected chi connectivity index (χ4v) is 3.87. The molecule has 1 unspecified atom stereocenters. The quantitative estimate of drug-likeness (QED) is 0.620. The summed E-state index contributed by atoms with van der Waals surface area (Å²) in [6.07, 6.45) is 0.476.